The number of amides is 1. The van der Waals surface area contributed by atoms with E-state index in [2.05, 4.69) is 20.6 Å². The molecular weight excluding hydrogens is 410 g/mol. The van der Waals surface area contributed by atoms with Crippen LogP contribution in [0, 0.1) is 6.92 Å². The Hall–Kier alpha value is -3.52. The van der Waals surface area contributed by atoms with Crippen LogP contribution in [0.25, 0.3) is 5.65 Å². The van der Waals surface area contributed by atoms with Crippen molar-refractivity contribution in [2.24, 2.45) is 0 Å². The second-order valence-corrected chi connectivity index (χ2v) is 8.00. The lowest BCUT2D eigenvalue weighted by Crippen LogP contribution is -2.26. The number of benzene rings is 2. The van der Waals surface area contributed by atoms with Crippen LogP contribution in [0.2, 0.25) is 0 Å². The third-order valence-electron chi connectivity index (χ3n) is 4.70. The molecule has 2 heterocycles. The Kier molecular flexibility index (Phi) is 6.37. The lowest BCUT2D eigenvalue weighted by atomic mass is 10.1. The molecule has 31 heavy (non-hydrogen) atoms. The van der Waals surface area contributed by atoms with E-state index < -0.39 is 0 Å². The van der Waals surface area contributed by atoms with Crippen LogP contribution >= 0.6 is 11.8 Å². The standard InChI is InChI=1S/C23H21N5O2S/c1-16-7-9-18(10-8-16)23(30)24-14-13-21-26-25-20-11-12-22(27-28(20)21)31-15-19(29)17-5-3-2-4-6-17/h2-12H,13-15H2,1H3,(H,24,30). The Bertz CT molecular complexity index is 1210. The van der Waals surface area contributed by atoms with Gasteiger partial charge in [0.25, 0.3) is 5.91 Å². The normalized spacial score (nSPS) is 10.9. The van der Waals surface area contributed by atoms with Crippen LogP contribution in [0.15, 0.2) is 71.8 Å². The minimum absolute atomic E-state index is 0.0512. The number of nitrogens with one attached hydrogen (secondary N) is 1. The molecule has 7 nitrogen and oxygen atoms in total. The minimum atomic E-state index is -0.127. The van der Waals surface area contributed by atoms with Gasteiger partial charge in [0.05, 0.1) is 5.75 Å². The zero-order chi connectivity index (χ0) is 21.6. The van der Waals surface area contributed by atoms with Gasteiger partial charge < -0.3 is 5.32 Å². The molecule has 0 spiro atoms. The van der Waals surface area contributed by atoms with Crippen molar-refractivity contribution in [1.29, 1.82) is 0 Å². The largest absolute Gasteiger partial charge is 0.352 e. The molecule has 0 fully saturated rings. The maximum Gasteiger partial charge on any atom is 0.251 e. The highest BCUT2D eigenvalue weighted by Crippen LogP contribution is 2.18. The number of aromatic nitrogens is 4. The summed E-state index contributed by atoms with van der Waals surface area (Å²) in [5.74, 6) is 0.871. The molecule has 0 aliphatic rings. The fraction of sp³-hybridized carbons (Fsp3) is 0.174. The van der Waals surface area contributed by atoms with Crippen LogP contribution < -0.4 is 5.32 Å². The number of thioether (sulfide) groups is 1. The first kappa shape index (κ1) is 20.7. The van der Waals surface area contributed by atoms with Crippen LogP contribution in [-0.2, 0) is 6.42 Å². The number of Topliss-reactive ketones (excluding diaryl/α,β-unsaturated/α-hetero) is 1. The predicted molar refractivity (Wildman–Crippen MR) is 119 cm³/mol. The first-order valence-corrected chi connectivity index (χ1v) is 10.9. The summed E-state index contributed by atoms with van der Waals surface area (Å²) in [4.78, 5) is 24.6. The molecule has 0 aliphatic carbocycles. The highest BCUT2D eigenvalue weighted by Gasteiger charge is 2.11. The Morgan fingerprint density at radius 3 is 2.48 bits per heavy atom. The van der Waals surface area contributed by atoms with Gasteiger partial charge >= 0.3 is 0 Å². The van der Waals surface area contributed by atoms with Crippen LogP contribution in [-0.4, -0.2) is 43.8 Å². The summed E-state index contributed by atoms with van der Waals surface area (Å²) in [6.45, 7) is 2.40. The van der Waals surface area contributed by atoms with Crippen molar-refractivity contribution < 1.29 is 9.59 Å². The molecular formula is C23H21N5O2S. The first-order valence-electron chi connectivity index (χ1n) is 9.87. The van der Waals surface area contributed by atoms with Crippen molar-refractivity contribution in [3.8, 4) is 0 Å². The van der Waals surface area contributed by atoms with E-state index in [4.69, 9.17) is 0 Å². The van der Waals surface area contributed by atoms with E-state index in [1.54, 1.807) is 16.6 Å². The van der Waals surface area contributed by atoms with Gasteiger partial charge in [-0.1, -0.05) is 59.8 Å². The lowest BCUT2D eigenvalue weighted by Gasteiger charge is -2.05. The number of hydrogen-bond acceptors (Lipinski definition) is 6. The number of ketones is 1. The summed E-state index contributed by atoms with van der Waals surface area (Å²) in [5.41, 5.74) is 3.04. The molecule has 1 amide bonds. The highest BCUT2D eigenvalue weighted by molar-refractivity contribution is 7.99. The Morgan fingerprint density at radius 1 is 0.935 bits per heavy atom. The van der Waals surface area contributed by atoms with Crippen molar-refractivity contribution in [2.45, 2.75) is 18.4 Å². The predicted octanol–water partition coefficient (Wildman–Crippen LogP) is 3.38. The molecule has 4 rings (SSSR count). The molecule has 2 aromatic heterocycles. The van der Waals surface area contributed by atoms with Gasteiger partial charge in [-0.15, -0.1) is 10.2 Å². The smallest absolute Gasteiger partial charge is 0.251 e. The third kappa shape index (κ3) is 5.16. The molecule has 4 aromatic rings. The van der Waals surface area contributed by atoms with Crippen LogP contribution in [0.3, 0.4) is 0 Å². The number of carbonyl (C=O) groups excluding carboxylic acids is 2. The Morgan fingerprint density at radius 2 is 1.71 bits per heavy atom. The highest BCUT2D eigenvalue weighted by atomic mass is 32.2. The van der Waals surface area contributed by atoms with Crippen LogP contribution in [0.5, 0.6) is 0 Å². The number of nitrogens with zero attached hydrogens (tertiary/aromatic N) is 4. The number of rotatable bonds is 8. The van der Waals surface area contributed by atoms with Gasteiger partial charge in [0.15, 0.2) is 17.3 Å². The SMILES string of the molecule is Cc1ccc(C(=O)NCCc2nnc3ccc(SCC(=O)c4ccccc4)nn23)cc1. The fourth-order valence-corrected chi connectivity index (χ4v) is 3.74. The third-order valence-corrected chi connectivity index (χ3v) is 5.62. The van der Waals surface area contributed by atoms with Gasteiger partial charge in [0, 0.05) is 24.1 Å². The second kappa shape index (κ2) is 9.53. The van der Waals surface area contributed by atoms with E-state index in [0.717, 1.165) is 5.56 Å². The van der Waals surface area contributed by atoms with E-state index in [1.807, 2.05) is 61.5 Å². The fourth-order valence-electron chi connectivity index (χ4n) is 2.99. The lowest BCUT2D eigenvalue weighted by molar-refractivity contribution is 0.0953. The van der Waals surface area contributed by atoms with E-state index in [0.29, 0.717) is 46.3 Å². The van der Waals surface area contributed by atoms with Gasteiger partial charge in [-0.25, -0.2) is 0 Å². The van der Waals surface area contributed by atoms with Gasteiger partial charge in [0.2, 0.25) is 0 Å². The molecule has 0 atom stereocenters. The molecule has 0 saturated heterocycles. The summed E-state index contributed by atoms with van der Waals surface area (Å²) < 4.78 is 1.66. The summed E-state index contributed by atoms with van der Waals surface area (Å²) in [6, 6.07) is 20.3. The second-order valence-electron chi connectivity index (χ2n) is 7.01. The average Bonchev–Trinajstić information content (AvgIpc) is 3.20. The van der Waals surface area contributed by atoms with Crippen LogP contribution in [0.4, 0.5) is 0 Å². The van der Waals surface area contributed by atoms with Crippen molar-refractivity contribution >= 4 is 29.1 Å². The topological polar surface area (TPSA) is 89.2 Å². The molecule has 8 heteroatoms. The Labute approximate surface area is 183 Å². The summed E-state index contributed by atoms with van der Waals surface area (Å²) in [7, 11) is 0. The van der Waals surface area contributed by atoms with Crippen LogP contribution in [0.1, 0.15) is 32.1 Å². The van der Waals surface area contributed by atoms with E-state index in [-0.39, 0.29) is 11.7 Å². The molecule has 0 bridgehead atoms. The van der Waals surface area contributed by atoms with Crippen molar-refractivity contribution in [1.82, 2.24) is 25.1 Å². The molecule has 1 N–H and O–H groups in total. The first-order chi connectivity index (χ1) is 15.1. The molecule has 0 unspecified atom stereocenters. The summed E-state index contributed by atoms with van der Waals surface area (Å²) in [6.07, 6.45) is 0.489. The maximum atomic E-state index is 12.3. The molecule has 2 aromatic carbocycles. The van der Waals surface area contributed by atoms with E-state index >= 15 is 0 Å². The zero-order valence-corrected chi connectivity index (χ0v) is 17.8. The number of aryl methyl sites for hydroxylation is 1. The van der Waals surface area contributed by atoms with Crippen molar-refractivity contribution in [3.05, 3.63) is 89.2 Å². The van der Waals surface area contributed by atoms with Gasteiger partial charge in [-0.2, -0.15) is 9.61 Å². The molecule has 0 aliphatic heterocycles. The monoisotopic (exact) mass is 431 g/mol. The number of carbonyl (C=O) groups is 2. The van der Waals surface area contributed by atoms with Gasteiger partial charge in [-0.05, 0) is 31.2 Å². The zero-order valence-electron chi connectivity index (χ0n) is 17.0. The average molecular weight is 432 g/mol. The number of fused-ring (bicyclic) bond motifs is 1. The van der Waals surface area contributed by atoms with Crippen molar-refractivity contribution in [3.63, 3.8) is 0 Å². The maximum absolute atomic E-state index is 12.3. The Balaban J connectivity index is 1.37. The molecule has 0 saturated carbocycles. The summed E-state index contributed by atoms with van der Waals surface area (Å²) in [5, 5.41) is 16.5. The van der Waals surface area contributed by atoms with E-state index in [1.165, 1.54) is 11.8 Å². The van der Waals surface area contributed by atoms with Gasteiger partial charge in [-0.3, -0.25) is 9.59 Å². The van der Waals surface area contributed by atoms with Crippen molar-refractivity contribution in [2.75, 3.05) is 12.3 Å². The summed E-state index contributed by atoms with van der Waals surface area (Å²) >= 11 is 1.37. The molecule has 0 radical (unpaired) electrons. The minimum Gasteiger partial charge on any atom is -0.352 e. The van der Waals surface area contributed by atoms with Gasteiger partial charge in [0.1, 0.15) is 5.03 Å². The number of hydrogen-bond donors (Lipinski definition) is 1. The molecule has 156 valence electrons. The quantitative estimate of drug-likeness (QED) is 0.340. The van der Waals surface area contributed by atoms with E-state index in [9.17, 15) is 9.59 Å².